The van der Waals surface area contributed by atoms with E-state index in [0.29, 0.717) is 0 Å². The van der Waals surface area contributed by atoms with Crippen LogP contribution in [0.2, 0.25) is 0 Å². The smallest absolute Gasteiger partial charge is 0.399 e. The van der Waals surface area contributed by atoms with Crippen molar-refractivity contribution in [3.05, 3.63) is 218 Å². The molecule has 7 heteroatoms. The van der Waals surface area contributed by atoms with Gasteiger partial charge in [0.1, 0.15) is 0 Å². The summed E-state index contributed by atoms with van der Waals surface area (Å²) in [6.07, 6.45) is 0. The van der Waals surface area contributed by atoms with Crippen LogP contribution in [-0.2, 0) is 9.31 Å². The summed E-state index contributed by atoms with van der Waals surface area (Å²) in [5, 5.41) is 15.2. The molecule has 1 heterocycles. The highest BCUT2D eigenvalue weighted by atomic mass is 79.9. The molecule has 0 aromatic heterocycles. The van der Waals surface area contributed by atoms with Crippen molar-refractivity contribution in [2.75, 3.05) is 0 Å². The Morgan fingerprint density at radius 3 is 1.01 bits per heavy atom. The molecule has 0 spiro atoms. The topological polar surface area (TPSA) is 18.5 Å². The Balaban J connectivity index is 0.000000140. The summed E-state index contributed by atoms with van der Waals surface area (Å²) < 4.78 is 16.9. The van der Waals surface area contributed by atoms with E-state index in [2.05, 4.69) is 273 Å². The monoisotopic (exact) mass is 1120 g/mol. The molecule has 0 saturated carbocycles. The zero-order valence-electron chi connectivity index (χ0n) is 37.5. The molecular weight excluding hydrogens is 1080 g/mol. The van der Waals surface area contributed by atoms with Crippen molar-refractivity contribution in [3.63, 3.8) is 0 Å². The second-order valence-corrected chi connectivity index (χ2v) is 21.7. The van der Waals surface area contributed by atoms with Gasteiger partial charge in [0.25, 0.3) is 0 Å². The lowest BCUT2D eigenvalue weighted by molar-refractivity contribution is 0.00578. The standard InChI is InChI=1S/C34H21Br.C20H21BO2.C6H3Br3/c35-26-18-24(33-20-22-9-1-3-11-27(22)29-13-5-7-15-31(29)33)17-25(19-26)34-21-23-10-2-4-12-28(23)30-14-6-8-16-32(30)34;1-19(2)20(3,4)23-21(22-19)18-13-14-9-5-6-10-15(14)16-11-7-8-12-17(16)18;7-4-1-5(8)3-6(9)2-4/h1-21H;5-13H,1-4H3;1-3H. The molecular formula is C60H45BBr4O2. The first-order valence-corrected chi connectivity index (χ1v) is 25.5. The summed E-state index contributed by atoms with van der Waals surface area (Å²) in [5.74, 6) is 0. The number of hydrogen-bond acceptors (Lipinski definition) is 2. The van der Waals surface area contributed by atoms with Gasteiger partial charge in [0, 0.05) is 17.9 Å². The molecule has 11 aromatic rings. The van der Waals surface area contributed by atoms with Crippen LogP contribution in [0.15, 0.2) is 218 Å². The average molecular weight is 1130 g/mol. The van der Waals surface area contributed by atoms with Crippen LogP contribution in [0.1, 0.15) is 27.7 Å². The summed E-state index contributed by atoms with van der Waals surface area (Å²) in [5.41, 5.74) is 5.40. The van der Waals surface area contributed by atoms with Crippen molar-refractivity contribution in [1.82, 2.24) is 0 Å². The summed E-state index contributed by atoms with van der Waals surface area (Å²) in [4.78, 5) is 0. The van der Waals surface area contributed by atoms with E-state index in [0.717, 1.165) is 23.4 Å². The molecule has 2 nitrogen and oxygen atoms in total. The average Bonchev–Trinajstić information content (AvgIpc) is 3.55. The van der Waals surface area contributed by atoms with Gasteiger partial charge in [0.2, 0.25) is 0 Å². The Morgan fingerprint density at radius 1 is 0.313 bits per heavy atom. The minimum Gasteiger partial charge on any atom is -0.399 e. The van der Waals surface area contributed by atoms with Gasteiger partial charge in [-0.1, -0.05) is 215 Å². The van der Waals surface area contributed by atoms with Crippen LogP contribution in [0.5, 0.6) is 0 Å². The Morgan fingerprint density at radius 2 is 0.612 bits per heavy atom. The Labute approximate surface area is 426 Å². The normalized spacial score (nSPS) is 14.1. The maximum absolute atomic E-state index is 6.28. The Bertz CT molecular complexity index is 3470. The molecule has 0 aliphatic carbocycles. The first-order valence-electron chi connectivity index (χ1n) is 22.3. The van der Waals surface area contributed by atoms with Gasteiger partial charge in [-0.05, 0) is 169 Å². The van der Waals surface area contributed by atoms with Crippen molar-refractivity contribution in [3.8, 4) is 22.3 Å². The third kappa shape index (κ3) is 9.15. The zero-order chi connectivity index (χ0) is 46.5. The molecule has 0 bridgehead atoms. The number of benzene rings is 11. The lowest BCUT2D eigenvalue weighted by Gasteiger charge is -2.32. The van der Waals surface area contributed by atoms with Gasteiger partial charge in [-0.3, -0.25) is 0 Å². The third-order valence-electron chi connectivity index (χ3n) is 13.2. The number of rotatable bonds is 3. The third-order valence-corrected chi connectivity index (χ3v) is 15.0. The van der Waals surface area contributed by atoms with Gasteiger partial charge in [-0.25, -0.2) is 0 Å². The summed E-state index contributed by atoms with van der Waals surface area (Å²) in [7, 11) is -0.338. The van der Waals surface area contributed by atoms with Gasteiger partial charge in [-0.2, -0.15) is 0 Å². The molecule has 328 valence electrons. The van der Waals surface area contributed by atoms with Crippen LogP contribution >= 0.6 is 63.7 Å². The molecule has 0 amide bonds. The van der Waals surface area contributed by atoms with Gasteiger partial charge < -0.3 is 9.31 Å². The van der Waals surface area contributed by atoms with Gasteiger partial charge in [-0.15, -0.1) is 0 Å². The fourth-order valence-corrected chi connectivity index (χ4v) is 12.1. The minimum absolute atomic E-state index is 0.329. The summed E-state index contributed by atoms with van der Waals surface area (Å²) in [6.45, 7) is 8.37. The van der Waals surface area contributed by atoms with E-state index in [1.807, 2.05) is 18.2 Å². The van der Waals surface area contributed by atoms with Gasteiger partial charge in [0.05, 0.1) is 11.2 Å². The molecule has 11 aromatic carbocycles. The van der Waals surface area contributed by atoms with Crippen molar-refractivity contribution < 1.29 is 9.31 Å². The molecule has 1 aliphatic heterocycles. The lowest BCUT2D eigenvalue weighted by atomic mass is 9.75. The van der Waals surface area contributed by atoms with Gasteiger partial charge >= 0.3 is 7.12 Å². The highest BCUT2D eigenvalue weighted by Crippen LogP contribution is 2.42. The van der Waals surface area contributed by atoms with Crippen LogP contribution < -0.4 is 5.46 Å². The van der Waals surface area contributed by atoms with Crippen LogP contribution in [-0.4, -0.2) is 18.3 Å². The predicted octanol–water partition coefficient (Wildman–Crippen LogP) is 18.7. The maximum atomic E-state index is 6.28. The molecule has 1 aliphatic rings. The maximum Gasteiger partial charge on any atom is 0.495 e. The Kier molecular flexibility index (Phi) is 12.8. The molecule has 0 N–H and O–H groups in total. The molecule has 67 heavy (non-hydrogen) atoms. The van der Waals surface area contributed by atoms with E-state index < -0.39 is 0 Å². The first-order chi connectivity index (χ1) is 32.3. The largest absolute Gasteiger partial charge is 0.495 e. The lowest BCUT2D eigenvalue weighted by Crippen LogP contribution is -2.41. The van der Waals surface area contributed by atoms with E-state index in [1.165, 1.54) is 86.9 Å². The van der Waals surface area contributed by atoms with E-state index >= 15 is 0 Å². The number of fused-ring (bicyclic) bond motifs is 9. The van der Waals surface area contributed by atoms with Crippen molar-refractivity contribution in [1.29, 1.82) is 0 Å². The second-order valence-electron chi connectivity index (χ2n) is 18.0. The number of halogens is 4. The highest BCUT2D eigenvalue weighted by Gasteiger charge is 2.52. The molecule has 1 saturated heterocycles. The van der Waals surface area contributed by atoms with Crippen molar-refractivity contribution >= 4 is 141 Å². The quantitative estimate of drug-likeness (QED) is 0.130. The van der Waals surface area contributed by atoms with Gasteiger partial charge in [0.15, 0.2) is 0 Å². The molecule has 12 rings (SSSR count). The SMILES string of the molecule is Brc1cc(-c2cc3ccccc3c3ccccc23)cc(-c2cc3ccccc3c3ccccc23)c1.Brc1cc(Br)cc(Br)c1.CC1(C)OB(c2cc3ccccc3c3ccccc23)OC1(C)C. The van der Waals surface area contributed by atoms with Crippen LogP contribution in [0.3, 0.4) is 0 Å². The summed E-state index contributed by atoms with van der Waals surface area (Å²) >= 11 is 13.9. The molecule has 1 fully saturated rings. The molecule has 0 radical (unpaired) electrons. The second kappa shape index (κ2) is 18.8. The van der Waals surface area contributed by atoms with Crippen molar-refractivity contribution in [2.45, 2.75) is 38.9 Å². The van der Waals surface area contributed by atoms with E-state index in [-0.39, 0.29) is 18.3 Å². The molecule has 0 unspecified atom stereocenters. The summed E-state index contributed by atoms with van der Waals surface area (Å²) in [6, 6.07) is 71.5. The van der Waals surface area contributed by atoms with E-state index in [4.69, 9.17) is 9.31 Å². The molecule has 0 atom stereocenters. The van der Waals surface area contributed by atoms with Crippen LogP contribution in [0, 0.1) is 0 Å². The highest BCUT2D eigenvalue weighted by molar-refractivity contribution is 9.11. The predicted molar refractivity (Wildman–Crippen MR) is 302 cm³/mol. The van der Waals surface area contributed by atoms with E-state index in [9.17, 15) is 0 Å². The van der Waals surface area contributed by atoms with E-state index in [1.54, 1.807) is 0 Å². The Hall–Kier alpha value is -5.12. The van der Waals surface area contributed by atoms with Crippen LogP contribution in [0.25, 0.3) is 86.9 Å². The first kappa shape index (κ1) is 45.7. The van der Waals surface area contributed by atoms with Crippen molar-refractivity contribution in [2.24, 2.45) is 0 Å². The fourth-order valence-electron chi connectivity index (χ4n) is 9.26. The minimum atomic E-state index is -0.338. The fraction of sp³-hybridized carbons (Fsp3) is 0.100. The number of hydrogen-bond donors (Lipinski definition) is 0. The van der Waals surface area contributed by atoms with Crippen LogP contribution in [0.4, 0.5) is 0 Å². The zero-order valence-corrected chi connectivity index (χ0v) is 43.8.